The van der Waals surface area contributed by atoms with Crippen LogP contribution in [0.3, 0.4) is 0 Å². The molecular formula is C12H25O3Si2. The van der Waals surface area contributed by atoms with Crippen LogP contribution in [0.1, 0.15) is 26.2 Å². The van der Waals surface area contributed by atoms with Crippen molar-refractivity contribution in [2.75, 3.05) is 26.4 Å². The molecule has 0 unspecified atom stereocenters. The van der Waals surface area contributed by atoms with Gasteiger partial charge in [0.25, 0.3) is 0 Å². The van der Waals surface area contributed by atoms with E-state index < -0.39 is 8.32 Å². The molecule has 0 spiro atoms. The van der Waals surface area contributed by atoms with Crippen molar-refractivity contribution < 1.29 is 13.6 Å². The van der Waals surface area contributed by atoms with Crippen LogP contribution in [0.5, 0.6) is 0 Å². The van der Waals surface area contributed by atoms with Gasteiger partial charge < -0.3 is 13.6 Å². The number of ether oxygens (including phenoxy) is 2. The summed E-state index contributed by atoms with van der Waals surface area (Å²) in [5.41, 5.74) is 0.326. The van der Waals surface area contributed by atoms with Crippen molar-refractivity contribution in [1.82, 2.24) is 0 Å². The molecule has 3 radical (unpaired) electrons. The molecule has 0 amide bonds. The van der Waals surface area contributed by atoms with Crippen LogP contribution in [0.25, 0.3) is 0 Å². The minimum Gasteiger partial charge on any atom is -0.457 e. The summed E-state index contributed by atoms with van der Waals surface area (Å²) in [7, 11) is 1.73. The highest BCUT2D eigenvalue weighted by atomic mass is 28.4. The maximum Gasteiger partial charge on any atom is 0.230 e. The SMILES string of the molecule is CCC1(COCCCC[Si](C)(C)O[Si])COC1. The van der Waals surface area contributed by atoms with Gasteiger partial charge in [-0.2, -0.15) is 0 Å². The second-order valence-corrected chi connectivity index (χ2v) is 10.6. The lowest BCUT2D eigenvalue weighted by Crippen LogP contribution is -2.45. The van der Waals surface area contributed by atoms with E-state index in [0.717, 1.165) is 39.3 Å². The van der Waals surface area contributed by atoms with Crippen LogP contribution in [0.15, 0.2) is 0 Å². The molecule has 0 aromatic rings. The van der Waals surface area contributed by atoms with Gasteiger partial charge in [0.15, 0.2) is 8.32 Å². The van der Waals surface area contributed by atoms with E-state index in [2.05, 4.69) is 30.5 Å². The third-order valence-electron chi connectivity index (χ3n) is 3.57. The van der Waals surface area contributed by atoms with Crippen molar-refractivity contribution >= 4 is 18.8 Å². The lowest BCUT2D eigenvalue weighted by molar-refractivity contribution is -0.150. The summed E-state index contributed by atoms with van der Waals surface area (Å²) in [5.74, 6) is 0. The standard InChI is InChI=1S/C12H25O3Si2/c1-4-12(10-14-11-12)9-13-7-5-6-8-17(2,3)15-16/h4-11H2,1-3H3. The third kappa shape index (κ3) is 5.22. The van der Waals surface area contributed by atoms with Gasteiger partial charge in [-0.1, -0.05) is 13.3 Å². The smallest absolute Gasteiger partial charge is 0.230 e. The minimum absolute atomic E-state index is 0.326. The van der Waals surface area contributed by atoms with Gasteiger partial charge in [0.05, 0.1) is 19.8 Å². The molecule has 1 heterocycles. The summed E-state index contributed by atoms with van der Waals surface area (Å²) in [6, 6.07) is 1.18. The lowest BCUT2D eigenvalue weighted by Gasteiger charge is -2.40. The Morgan fingerprint density at radius 3 is 2.47 bits per heavy atom. The van der Waals surface area contributed by atoms with Gasteiger partial charge in [-0.15, -0.1) is 0 Å². The largest absolute Gasteiger partial charge is 0.457 e. The summed E-state index contributed by atoms with van der Waals surface area (Å²) in [4.78, 5) is 0. The van der Waals surface area contributed by atoms with E-state index in [4.69, 9.17) is 13.6 Å². The number of rotatable bonds is 9. The molecule has 5 heteroatoms. The molecule has 0 atom stereocenters. The maximum absolute atomic E-state index is 5.76. The zero-order valence-corrected chi connectivity index (χ0v) is 13.4. The highest BCUT2D eigenvalue weighted by Gasteiger charge is 2.36. The maximum atomic E-state index is 5.76. The van der Waals surface area contributed by atoms with Gasteiger partial charge in [0, 0.05) is 12.0 Å². The van der Waals surface area contributed by atoms with Crippen LogP contribution in [-0.2, 0) is 13.6 Å². The zero-order chi connectivity index (χ0) is 12.8. The summed E-state index contributed by atoms with van der Waals surface area (Å²) in [6.45, 7) is 10.1. The van der Waals surface area contributed by atoms with Gasteiger partial charge >= 0.3 is 0 Å². The number of unbranched alkanes of at least 4 members (excludes halogenated alkanes) is 1. The van der Waals surface area contributed by atoms with Gasteiger partial charge in [-0.25, -0.2) is 0 Å². The van der Waals surface area contributed by atoms with Crippen LogP contribution in [0, 0.1) is 5.41 Å². The van der Waals surface area contributed by atoms with Gasteiger partial charge in [0.2, 0.25) is 10.5 Å². The highest BCUT2D eigenvalue weighted by molar-refractivity contribution is 6.73. The summed E-state index contributed by atoms with van der Waals surface area (Å²) in [5, 5.41) is 0. The molecular weight excluding hydrogens is 248 g/mol. The van der Waals surface area contributed by atoms with E-state index in [9.17, 15) is 0 Å². The minimum atomic E-state index is -1.44. The van der Waals surface area contributed by atoms with E-state index in [1.54, 1.807) is 0 Å². The van der Waals surface area contributed by atoms with Crippen molar-refractivity contribution in [3.05, 3.63) is 0 Å². The third-order valence-corrected chi connectivity index (χ3v) is 7.34. The van der Waals surface area contributed by atoms with Gasteiger partial charge in [-0.3, -0.25) is 0 Å². The first-order valence-electron chi connectivity index (χ1n) is 6.54. The average molecular weight is 274 g/mol. The topological polar surface area (TPSA) is 27.7 Å². The summed E-state index contributed by atoms with van der Waals surface area (Å²) in [6.07, 6.45) is 3.48. The van der Waals surface area contributed by atoms with Crippen molar-refractivity contribution in [3.8, 4) is 0 Å². The van der Waals surface area contributed by atoms with Crippen LogP contribution < -0.4 is 0 Å². The normalized spacial score (nSPS) is 19.1. The Kier molecular flexibility index (Phi) is 6.36. The van der Waals surface area contributed by atoms with E-state index in [1.807, 2.05) is 0 Å². The first-order chi connectivity index (χ1) is 8.04. The van der Waals surface area contributed by atoms with Crippen LogP contribution in [-0.4, -0.2) is 45.2 Å². The van der Waals surface area contributed by atoms with E-state index in [1.165, 1.54) is 12.5 Å². The Bertz CT molecular complexity index is 212. The van der Waals surface area contributed by atoms with Crippen LogP contribution in [0.4, 0.5) is 0 Å². The molecule has 0 aromatic heterocycles. The predicted octanol–water partition coefficient (Wildman–Crippen LogP) is 2.52. The lowest BCUT2D eigenvalue weighted by atomic mass is 9.84. The Balaban J connectivity index is 1.98. The van der Waals surface area contributed by atoms with Crippen LogP contribution in [0.2, 0.25) is 19.1 Å². The van der Waals surface area contributed by atoms with Crippen molar-refractivity contribution in [2.45, 2.75) is 45.3 Å². The quantitative estimate of drug-likeness (QED) is 0.477. The first-order valence-corrected chi connectivity index (χ1v) is 10.1. The van der Waals surface area contributed by atoms with E-state index in [-0.39, 0.29) is 0 Å². The Hall–Kier alpha value is 0.314. The second-order valence-electron chi connectivity index (χ2n) is 5.72. The fraction of sp³-hybridized carbons (Fsp3) is 1.00. The average Bonchev–Trinajstić information content (AvgIpc) is 2.26. The summed E-state index contributed by atoms with van der Waals surface area (Å²) < 4.78 is 16.4. The fourth-order valence-corrected chi connectivity index (χ4v) is 3.38. The van der Waals surface area contributed by atoms with E-state index >= 15 is 0 Å². The Morgan fingerprint density at radius 2 is 2.00 bits per heavy atom. The molecule has 1 rings (SSSR count). The Labute approximate surface area is 110 Å². The van der Waals surface area contributed by atoms with Crippen LogP contribution >= 0.6 is 0 Å². The molecule has 1 aliphatic heterocycles. The molecule has 0 N–H and O–H groups in total. The molecule has 1 aliphatic rings. The summed E-state index contributed by atoms with van der Waals surface area (Å²) >= 11 is 0. The molecule has 17 heavy (non-hydrogen) atoms. The molecule has 1 fully saturated rings. The second kappa shape index (κ2) is 7.04. The zero-order valence-electron chi connectivity index (χ0n) is 11.4. The molecule has 0 aliphatic carbocycles. The van der Waals surface area contributed by atoms with Gasteiger partial charge in [-0.05, 0) is 32.0 Å². The van der Waals surface area contributed by atoms with Crippen molar-refractivity contribution in [2.24, 2.45) is 5.41 Å². The van der Waals surface area contributed by atoms with Crippen molar-refractivity contribution in [3.63, 3.8) is 0 Å². The predicted molar refractivity (Wildman–Crippen MR) is 72.7 cm³/mol. The first kappa shape index (κ1) is 15.4. The highest BCUT2D eigenvalue weighted by Crippen LogP contribution is 2.31. The van der Waals surface area contributed by atoms with Crippen molar-refractivity contribution in [1.29, 1.82) is 0 Å². The number of hydrogen-bond donors (Lipinski definition) is 0. The molecule has 0 saturated carbocycles. The number of hydrogen-bond acceptors (Lipinski definition) is 3. The molecule has 3 nitrogen and oxygen atoms in total. The molecule has 99 valence electrons. The van der Waals surface area contributed by atoms with Gasteiger partial charge in [0.1, 0.15) is 0 Å². The Morgan fingerprint density at radius 1 is 1.29 bits per heavy atom. The molecule has 0 aromatic carbocycles. The molecule has 1 saturated heterocycles. The molecule has 0 bridgehead atoms. The monoisotopic (exact) mass is 273 g/mol. The van der Waals surface area contributed by atoms with E-state index in [0.29, 0.717) is 5.41 Å². The fourth-order valence-electron chi connectivity index (χ4n) is 1.87.